The van der Waals surface area contributed by atoms with Crippen LogP contribution in [0.5, 0.6) is 0 Å². The van der Waals surface area contributed by atoms with Crippen LogP contribution in [-0.4, -0.2) is 49.1 Å². The van der Waals surface area contributed by atoms with E-state index in [9.17, 15) is 18.0 Å². The predicted octanol–water partition coefficient (Wildman–Crippen LogP) is -0.664. The van der Waals surface area contributed by atoms with Gasteiger partial charge in [0.25, 0.3) is 0 Å². The molecule has 98 valence electrons. The van der Waals surface area contributed by atoms with Gasteiger partial charge in [-0.25, -0.2) is 18.0 Å². The summed E-state index contributed by atoms with van der Waals surface area (Å²) < 4.78 is 22.3. The van der Waals surface area contributed by atoms with Crippen molar-refractivity contribution in [3.63, 3.8) is 0 Å². The van der Waals surface area contributed by atoms with Crippen LogP contribution in [0.4, 0.5) is 4.79 Å². The Morgan fingerprint density at radius 2 is 2.12 bits per heavy atom. The Hall–Kier alpha value is -1.31. The van der Waals surface area contributed by atoms with Crippen molar-refractivity contribution in [2.75, 3.05) is 11.5 Å². The molecule has 0 saturated carbocycles. The summed E-state index contributed by atoms with van der Waals surface area (Å²) in [5.74, 6) is -1.13. The van der Waals surface area contributed by atoms with E-state index in [0.717, 1.165) is 0 Å². The molecule has 1 rings (SSSR count). The largest absolute Gasteiger partial charge is 0.480 e. The Labute approximate surface area is 99.5 Å². The van der Waals surface area contributed by atoms with E-state index in [1.807, 2.05) is 0 Å². The second-order valence-corrected chi connectivity index (χ2v) is 6.25. The fraction of sp³-hybridized carbons (Fsp3) is 0.778. The lowest BCUT2D eigenvalue weighted by atomic mass is 10.2. The molecule has 7 nitrogen and oxygen atoms in total. The van der Waals surface area contributed by atoms with E-state index < -0.39 is 33.9 Å². The zero-order valence-electron chi connectivity index (χ0n) is 9.47. The molecular weight excluding hydrogens is 248 g/mol. The standard InChI is InChI=1S/C9H16N2O5S/c1-2-7(8(12)13)11-9(14)10-6-3-4-17(15,16)5-6/h6-7H,2-5H2,1H3,(H,12,13)(H2,10,11,14). The smallest absolute Gasteiger partial charge is 0.326 e. The molecule has 0 aliphatic carbocycles. The van der Waals surface area contributed by atoms with Gasteiger partial charge < -0.3 is 15.7 Å². The lowest BCUT2D eigenvalue weighted by Crippen LogP contribution is -2.49. The van der Waals surface area contributed by atoms with Crippen LogP contribution in [0.25, 0.3) is 0 Å². The second-order valence-electron chi connectivity index (χ2n) is 4.02. The van der Waals surface area contributed by atoms with Crippen molar-refractivity contribution in [2.45, 2.75) is 31.8 Å². The van der Waals surface area contributed by atoms with Gasteiger partial charge in [-0.15, -0.1) is 0 Å². The minimum Gasteiger partial charge on any atom is -0.480 e. The van der Waals surface area contributed by atoms with Crippen LogP contribution in [0.15, 0.2) is 0 Å². The van der Waals surface area contributed by atoms with E-state index in [-0.39, 0.29) is 17.9 Å². The Morgan fingerprint density at radius 1 is 1.47 bits per heavy atom. The maximum Gasteiger partial charge on any atom is 0.326 e. The molecule has 2 unspecified atom stereocenters. The van der Waals surface area contributed by atoms with Crippen molar-refractivity contribution in [3.8, 4) is 0 Å². The lowest BCUT2D eigenvalue weighted by Gasteiger charge is -2.15. The molecule has 0 bridgehead atoms. The molecule has 1 aliphatic rings. The van der Waals surface area contributed by atoms with Gasteiger partial charge in [0.15, 0.2) is 9.84 Å². The van der Waals surface area contributed by atoms with E-state index >= 15 is 0 Å². The highest BCUT2D eigenvalue weighted by Crippen LogP contribution is 2.10. The lowest BCUT2D eigenvalue weighted by molar-refractivity contribution is -0.139. The van der Waals surface area contributed by atoms with E-state index in [4.69, 9.17) is 5.11 Å². The molecule has 2 amide bonds. The SMILES string of the molecule is CCC(NC(=O)NC1CCS(=O)(=O)C1)C(=O)O. The minimum atomic E-state index is -3.05. The fourth-order valence-electron chi connectivity index (χ4n) is 1.63. The first-order valence-corrected chi connectivity index (χ1v) is 7.16. The molecule has 17 heavy (non-hydrogen) atoms. The number of sulfone groups is 1. The molecule has 0 aromatic rings. The molecule has 1 fully saturated rings. The normalized spacial score (nSPS) is 23.9. The summed E-state index contributed by atoms with van der Waals surface area (Å²) >= 11 is 0. The molecule has 0 aromatic heterocycles. The summed E-state index contributed by atoms with van der Waals surface area (Å²) in [5.41, 5.74) is 0. The Morgan fingerprint density at radius 3 is 2.53 bits per heavy atom. The highest BCUT2D eigenvalue weighted by molar-refractivity contribution is 7.91. The fourth-order valence-corrected chi connectivity index (χ4v) is 3.31. The summed E-state index contributed by atoms with van der Waals surface area (Å²) in [6, 6.07) is -2.01. The first kappa shape index (κ1) is 13.8. The molecule has 1 aliphatic heterocycles. The first-order valence-electron chi connectivity index (χ1n) is 5.34. The average molecular weight is 264 g/mol. The summed E-state index contributed by atoms with van der Waals surface area (Å²) in [6.45, 7) is 1.64. The zero-order valence-corrected chi connectivity index (χ0v) is 10.3. The van der Waals surface area contributed by atoms with Crippen molar-refractivity contribution in [2.24, 2.45) is 0 Å². The quantitative estimate of drug-likeness (QED) is 0.623. The van der Waals surface area contributed by atoms with E-state index in [1.54, 1.807) is 6.92 Å². The number of carboxylic acid groups (broad SMARTS) is 1. The molecule has 0 aromatic carbocycles. The zero-order chi connectivity index (χ0) is 13.1. The third-order valence-electron chi connectivity index (χ3n) is 2.58. The third-order valence-corrected chi connectivity index (χ3v) is 4.35. The highest BCUT2D eigenvalue weighted by atomic mass is 32.2. The van der Waals surface area contributed by atoms with Crippen LogP contribution in [0, 0.1) is 0 Å². The van der Waals surface area contributed by atoms with Crippen molar-refractivity contribution < 1.29 is 23.1 Å². The molecule has 8 heteroatoms. The van der Waals surface area contributed by atoms with Gasteiger partial charge in [0.1, 0.15) is 6.04 Å². The number of rotatable bonds is 4. The average Bonchev–Trinajstić information content (AvgIpc) is 2.54. The van der Waals surface area contributed by atoms with Crippen LogP contribution in [0.1, 0.15) is 19.8 Å². The number of carboxylic acids is 1. The van der Waals surface area contributed by atoms with Gasteiger partial charge >= 0.3 is 12.0 Å². The number of hydrogen-bond donors (Lipinski definition) is 3. The number of amides is 2. The van der Waals surface area contributed by atoms with Crippen LogP contribution < -0.4 is 10.6 Å². The number of carbonyl (C=O) groups excluding carboxylic acids is 1. The van der Waals surface area contributed by atoms with Gasteiger partial charge in [-0.1, -0.05) is 6.92 Å². The Bertz CT molecular complexity index is 406. The van der Waals surface area contributed by atoms with Crippen LogP contribution in [0.2, 0.25) is 0 Å². The molecule has 0 radical (unpaired) electrons. The van der Waals surface area contributed by atoms with Crippen molar-refractivity contribution in [1.29, 1.82) is 0 Å². The molecular formula is C9H16N2O5S. The van der Waals surface area contributed by atoms with E-state index in [1.165, 1.54) is 0 Å². The minimum absolute atomic E-state index is 0.0636. The van der Waals surface area contributed by atoms with Crippen molar-refractivity contribution in [3.05, 3.63) is 0 Å². The van der Waals surface area contributed by atoms with E-state index in [2.05, 4.69) is 10.6 Å². The number of nitrogens with one attached hydrogen (secondary N) is 2. The van der Waals surface area contributed by atoms with E-state index in [0.29, 0.717) is 6.42 Å². The van der Waals surface area contributed by atoms with Gasteiger partial charge in [0, 0.05) is 6.04 Å². The predicted molar refractivity (Wildman–Crippen MR) is 60.4 cm³/mol. The molecule has 0 spiro atoms. The number of carbonyl (C=O) groups is 2. The summed E-state index contributed by atoms with van der Waals surface area (Å²) in [6.07, 6.45) is 0.644. The summed E-state index contributed by atoms with van der Waals surface area (Å²) in [4.78, 5) is 22.1. The third kappa shape index (κ3) is 4.22. The van der Waals surface area contributed by atoms with Gasteiger partial charge in [0.05, 0.1) is 11.5 Å². The highest BCUT2D eigenvalue weighted by Gasteiger charge is 2.29. The van der Waals surface area contributed by atoms with Gasteiger partial charge in [-0.05, 0) is 12.8 Å². The number of urea groups is 1. The van der Waals surface area contributed by atoms with Crippen molar-refractivity contribution in [1.82, 2.24) is 10.6 Å². The monoisotopic (exact) mass is 264 g/mol. The summed E-state index contributed by atoms with van der Waals surface area (Å²) in [5, 5.41) is 13.5. The number of hydrogen-bond acceptors (Lipinski definition) is 4. The van der Waals surface area contributed by atoms with Gasteiger partial charge in [-0.3, -0.25) is 0 Å². The van der Waals surface area contributed by atoms with Crippen LogP contribution in [-0.2, 0) is 14.6 Å². The molecule has 1 saturated heterocycles. The maximum atomic E-state index is 11.4. The van der Waals surface area contributed by atoms with Gasteiger partial charge in [-0.2, -0.15) is 0 Å². The Balaban J connectivity index is 2.43. The number of aliphatic carboxylic acids is 1. The molecule has 3 N–H and O–H groups in total. The topological polar surface area (TPSA) is 113 Å². The maximum absolute atomic E-state index is 11.4. The van der Waals surface area contributed by atoms with Crippen LogP contribution in [0.3, 0.4) is 0 Å². The summed E-state index contributed by atoms with van der Waals surface area (Å²) in [7, 11) is -3.05. The Kier molecular flexibility index (Phi) is 4.33. The first-order chi connectivity index (χ1) is 7.84. The van der Waals surface area contributed by atoms with Gasteiger partial charge in [0.2, 0.25) is 0 Å². The van der Waals surface area contributed by atoms with Crippen LogP contribution >= 0.6 is 0 Å². The van der Waals surface area contributed by atoms with Crippen molar-refractivity contribution >= 4 is 21.8 Å². The molecule has 1 heterocycles. The molecule has 2 atom stereocenters. The second kappa shape index (κ2) is 5.35.